The van der Waals surface area contributed by atoms with Crippen LogP contribution in [0.1, 0.15) is 24.5 Å². The van der Waals surface area contributed by atoms with Crippen LogP contribution < -0.4 is 4.74 Å². The highest BCUT2D eigenvalue weighted by atomic mass is 32.2. The van der Waals surface area contributed by atoms with Crippen LogP contribution in [-0.2, 0) is 4.79 Å². The van der Waals surface area contributed by atoms with E-state index in [4.69, 9.17) is 4.74 Å². The van der Waals surface area contributed by atoms with Gasteiger partial charge < -0.3 is 9.64 Å². The fraction of sp³-hybridized carbons (Fsp3) is 0.412. The molecule has 3 heterocycles. The molecule has 2 aliphatic heterocycles. The van der Waals surface area contributed by atoms with E-state index in [0.29, 0.717) is 11.7 Å². The summed E-state index contributed by atoms with van der Waals surface area (Å²) in [6.45, 7) is 1.56. The summed E-state index contributed by atoms with van der Waals surface area (Å²) >= 11 is 1.70. The maximum atomic E-state index is 12.8. The molecule has 1 saturated heterocycles. The molecule has 0 saturated carbocycles. The van der Waals surface area contributed by atoms with Gasteiger partial charge in [0.1, 0.15) is 5.75 Å². The van der Waals surface area contributed by atoms with Gasteiger partial charge >= 0.3 is 0 Å². The number of fused-ring (bicyclic) bond motifs is 1. The third-order valence-electron chi connectivity index (χ3n) is 4.48. The molecule has 1 N–H and O–H groups in total. The quantitative estimate of drug-likeness (QED) is 0.920. The van der Waals surface area contributed by atoms with Gasteiger partial charge in [-0.3, -0.25) is 9.89 Å². The van der Waals surface area contributed by atoms with Crippen molar-refractivity contribution in [1.29, 1.82) is 0 Å². The summed E-state index contributed by atoms with van der Waals surface area (Å²) in [6.07, 6.45) is 3.50. The molecular formula is C17H19N3O2S. The molecule has 120 valence electrons. The molecule has 0 unspecified atom stereocenters. The first-order valence-corrected chi connectivity index (χ1v) is 8.96. The van der Waals surface area contributed by atoms with Crippen molar-refractivity contribution < 1.29 is 9.53 Å². The molecule has 1 amide bonds. The normalized spacial score (nSPS) is 23.9. The van der Waals surface area contributed by atoms with Crippen molar-refractivity contribution in [2.24, 2.45) is 0 Å². The van der Waals surface area contributed by atoms with Crippen LogP contribution >= 0.6 is 11.8 Å². The lowest BCUT2D eigenvalue weighted by molar-refractivity contribution is -0.139. The van der Waals surface area contributed by atoms with Crippen LogP contribution in [0.15, 0.2) is 41.4 Å². The maximum Gasteiger partial charge on any atom is 0.264 e. The van der Waals surface area contributed by atoms with E-state index in [1.165, 1.54) is 0 Å². The van der Waals surface area contributed by atoms with Crippen molar-refractivity contribution in [2.75, 3.05) is 18.8 Å². The summed E-state index contributed by atoms with van der Waals surface area (Å²) in [5, 5.41) is 7.06. The van der Waals surface area contributed by atoms with Crippen LogP contribution in [0.5, 0.6) is 5.75 Å². The van der Waals surface area contributed by atoms with Gasteiger partial charge in [0, 0.05) is 41.5 Å². The maximum absolute atomic E-state index is 12.8. The smallest absolute Gasteiger partial charge is 0.264 e. The molecule has 0 spiro atoms. The molecule has 0 radical (unpaired) electrons. The molecule has 0 aliphatic carbocycles. The van der Waals surface area contributed by atoms with E-state index >= 15 is 0 Å². The second kappa shape index (κ2) is 6.28. The van der Waals surface area contributed by atoms with Gasteiger partial charge in [0.15, 0.2) is 6.10 Å². The Balaban J connectivity index is 1.45. The molecule has 2 aliphatic rings. The summed E-state index contributed by atoms with van der Waals surface area (Å²) in [7, 11) is 0. The third-order valence-corrected chi connectivity index (χ3v) is 5.60. The van der Waals surface area contributed by atoms with Crippen molar-refractivity contribution in [3.63, 3.8) is 0 Å². The number of thioether (sulfide) groups is 1. The number of likely N-dealkylation sites (tertiary alicyclic amines) is 1. The first kappa shape index (κ1) is 14.6. The number of piperidine rings is 1. The molecule has 1 fully saturated rings. The zero-order valence-corrected chi connectivity index (χ0v) is 13.6. The van der Waals surface area contributed by atoms with Crippen molar-refractivity contribution in [3.8, 4) is 5.75 Å². The standard InChI is InChI=1S/C17H19N3O2S/c21-17(15-11-23-16-6-2-1-5-14(16)22-15)20-9-3-4-12(10-20)13-7-8-18-19-13/h1-2,5-8,12,15H,3-4,9-11H2,(H,18,19)/t12-,15-/m1/s1. The summed E-state index contributed by atoms with van der Waals surface area (Å²) < 4.78 is 5.94. The fourth-order valence-electron chi connectivity index (χ4n) is 3.27. The summed E-state index contributed by atoms with van der Waals surface area (Å²) in [5.74, 6) is 1.96. The SMILES string of the molecule is O=C([C@H]1CSc2ccccc2O1)N1CCC[C@@H](c2ccn[nH]2)C1. The highest BCUT2D eigenvalue weighted by Crippen LogP contribution is 2.36. The van der Waals surface area contributed by atoms with Crippen molar-refractivity contribution in [1.82, 2.24) is 15.1 Å². The molecule has 2 atom stereocenters. The average Bonchev–Trinajstić information content (AvgIpc) is 3.15. The van der Waals surface area contributed by atoms with E-state index in [0.717, 1.165) is 42.3 Å². The molecule has 0 bridgehead atoms. The Morgan fingerprint density at radius 3 is 3.13 bits per heavy atom. The van der Waals surface area contributed by atoms with Gasteiger partial charge in [-0.15, -0.1) is 11.8 Å². The number of carbonyl (C=O) groups is 1. The van der Waals surface area contributed by atoms with E-state index in [9.17, 15) is 4.79 Å². The number of ether oxygens (including phenoxy) is 1. The Morgan fingerprint density at radius 1 is 1.35 bits per heavy atom. The summed E-state index contributed by atoms with van der Waals surface area (Å²) in [4.78, 5) is 15.9. The Morgan fingerprint density at radius 2 is 2.26 bits per heavy atom. The Bertz CT molecular complexity index is 689. The lowest BCUT2D eigenvalue weighted by Gasteiger charge is -2.35. The van der Waals surface area contributed by atoms with Crippen LogP contribution in [0.3, 0.4) is 0 Å². The molecule has 1 aromatic carbocycles. The average molecular weight is 329 g/mol. The van der Waals surface area contributed by atoms with Gasteiger partial charge in [0.2, 0.25) is 0 Å². The minimum absolute atomic E-state index is 0.108. The van der Waals surface area contributed by atoms with Gasteiger partial charge in [0.05, 0.1) is 0 Å². The zero-order valence-electron chi connectivity index (χ0n) is 12.8. The number of aromatic nitrogens is 2. The zero-order chi connectivity index (χ0) is 15.6. The number of aromatic amines is 1. The number of rotatable bonds is 2. The Labute approximate surface area is 139 Å². The second-order valence-electron chi connectivity index (χ2n) is 6.00. The monoisotopic (exact) mass is 329 g/mol. The van der Waals surface area contributed by atoms with Gasteiger partial charge in [-0.05, 0) is 31.0 Å². The molecular weight excluding hydrogens is 310 g/mol. The van der Waals surface area contributed by atoms with Crippen molar-refractivity contribution >= 4 is 17.7 Å². The topological polar surface area (TPSA) is 58.2 Å². The minimum atomic E-state index is -0.379. The predicted octanol–water partition coefficient (Wildman–Crippen LogP) is 2.67. The summed E-state index contributed by atoms with van der Waals surface area (Å²) in [6, 6.07) is 9.92. The molecule has 1 aromatic heterocycles. The van der Waals surface area contributed by atoms with Gasteiger partial charge in [-0.2, -0.15) is 5.10 Å². The van der Waals surface area contributed by atoms with E-state index in [2.05, 4.69) is 10.2 Å². The number of para-hydroxylation sites is 1. The molecule has 2 aromatic rings. The molecule has 6 heteroatoms. The minimum Gasteiger partial charge on any atom is -0.479 e. The number of hydrogen-bond acceptors (Lipinski definition) is 4. The van der Waals surface area contributed by atoms with Crippen molar-refractivity contribution in [3.05, 3.63) is 42.2 Å². The van der Waals surface area contributed by atoms with Crippen LogP contribution in [-0.4, -0.2) is 46.0 Å². The fourth-order valence-corrected chi connectivity index (χ4v) is 4.24. The van der Waals surface area contributed by atoms with E-state index in [1.807, 2.05) is 35.2 Å². The first-order valence-electron chi connectivity index (χ1n) is 7.98. The predicted molar refractivity (Wildman–Crippen MR) is 88.7 cm³/mol. The van der Waals surface area contributed by atoms with Crippen molar-refractivity contribution in [2.45, 2.75) is 29.8 Å². The first-order chi connectivity index (χ1) is 11.3. The van der Waals surface area contributed by atoms with Crippen LogP contribution in [0.2, 0.25) is 0 Å². The number of nitrogens with one attached hydrogen (secondary N) is 1. The van der Waals surface area contributed by atoms with Gasteiger partial charge in [-0.25, -0.2) is 0 Å². The third kappa shape index (κ3) is 2.95. The van der Waals surface area contributed by atoms with E-state index < -0.39 is 0 Å². The van der Waals surface area contributed by atoms with Crippen LogP contribution in [0, 0.1) is 0 Å². The number of carbonyl (C=O) groups excluding carboxylic acids is 1. The second-order valence-corrected chi connectivity index (χ2v) is 7.06. The number of amides is 1. The number of H-pyrrole nitrogens is 1. The Hall–Kier alpha value is -1.95. The lowest BCUT2D eigenvalue weighted by Crippen LogP contribution is -2.48. The van der Waals surface area contributed by atoms with E-state index in [1.54, 1.807) is 18.0 Å². The highest BCUT2D eigenvalue weighted by molar-refractivity contribution is 7.99. The Kier molecular flexibility index (Phi) is 3.99. The van der Waals surface area contributed by atoms with Gasteiger partial charge in [-0.1, -0.05) is 12.1 Å². The number of benzene rings is 1. The highest BCUT2D eigenvalue weighted by Gasteiger charge is 2.33. The van der Waals surface area contributed by atoms with Crippen LogP contribution in [0.25, 0.3) is 0 Å². The van der Waals surface area contributed by atoms with Gasteiger partial charge in [0.25, 0.3) is 5.91 Å². The summed E-state index contributed by atoms with van der Waals surface area (Å²) in [5.41, 5.74) is 1.12. The molecule has 5 nitrogen and oxygen atoms in total. The largest absolute Gasteiger partial charge is 0.479 e. The van der Waals surface area contributed by atoms with Crippen LogP contribution in [0.4, 0.5) is 0 Å². The number of nitrogens with zero attached hydrogens (tertiary/aromatic N) is 2. The number of hydrogen-bond donors (Lipinski definition) is 1. The molecule has 4 rings (SSSR count). The van der Waals surface area contributed by atoms with E-state index in [-0.39, 0.29) is 12.0 Å². The molecule has 23 heavy (non-hydrogen) atoms. The lowest BCUT2D eigenvalue weighted by atomic mass is 9.94.